The third kappa shape index (κ3) is 4.08. The van der Waals surface area contributed by atoms with Crippen molar-refractivity contribution in [1.29, 1.82) is 0 Å². The van der Waals surface area contributed by atoms with Gasteiger partial charge in [-0.3, -0.25) is 4.90 Å². The maximum Gasteiger partial charge on any atom is 0.488 e. The lowest BCUT2D eigenvalue weighted by Crippen LogP contribution is -2.33. The smallest absolute Gasteiger partial charge is 0.488 e. The summed E-state index contributed by atoms with van der Waals surface area (Å²) in [6.45, 7) is 3.55. The molecule has 0 spiro atoms. The number of phenols is 1. The topological polar surface area (TPSA) is 76.1 Å². The minimum absolute atomic E-state index is 0.0616. The van der Waals surface area contributed by atoms with Crippen LogP contribution < -0.4 is 8.92 Å². The third-order valence-electron chi connectivity index (χ3n) is 4.61. The van der Waals surface area contributed by atoms with Crippen molar-refractivity contribution in [3.05, 3.63) is 53.1 Å². The Morgan fingerprint density at radius 1 is 1.27 bits per heavy atom. The molecule has 0 radical (unpaired) electrons. The van der Waals surface area contributed by atoms with Crippen molar-refractivity contribution in [2.45, 2.75) is 25.9 Å². The van der Waals surface area contributed by atoms with Crippen molar-refractivity contribution in [3.8, 4) is 17.2 Å². The molecule has 0 bridgehead atoms. The van der Waals surface area contributed by atoms with Gasteiger partial charge < -0.3 is 14.0 Å². The number of benzene rings is 2. The fraction of sp³-hybridized carbons (Fsp3) is 0.333. The molecule has 0 saturated carbocycles. The summed E-state index contributed by atoms with van der Waals surface area (Å²) in [5.74, 6) is 0.533. The van der Waals surface area contributed by atoms with Crippen LogP contribution in [0.3, 0.4) is 0 Å². The molecular formula is C18H20FNO5S. The molecule has 0 fully saturated rings. The summed E-state index contributed by atoms with van der Waals surface area (Å²) in [6, 6.07) is 10.0. The van der Waals surface area contributed by atoms with Gasteiger partial charge in [0.25, 0.3) is 0 Å². The minimum atomic E-state index is -5.01. The quantitative estimate of drug-likeness (QED) is 0.802. The number of nitrogens with zero attached hydrogens (tertiary/aromatic N) is 1. The van der Waals surface area contributed by atoms with E-state index >= 15 is 0 Å². The number of aromatic hydroxyl groups is 1. The van der Waals surface area contributed by atoms with Crippen LogP contribution in [0.1, 0.15) is 29.7 Å². The van der Waals surface area contributed by atoms with Crippen LogP contribution in [-0.4, -0.2) is 32.1 Å². The molecule has 0 aliphatic carbocycles. The predicted octanol–water partition coefficient (Wildman–Crippen LogP) is 3.11. The molecule has 1 aliphatic heterocycles. The molecule has 1 unspecified atom stereocenters. The second-order valence-corrected chi connectivity index (χ2v) is 7.19. The maximum absolute atomic E-state index is 12.5. The molecule has 2 aromatic carbocycles. The van der Waals surface area contributed by atoms with Crippen LogP contribution in [0.2, 0.25) is 0 Å². The zero-order valence-corrected chi connectivity index (χ0v) is 15.3. The van der Waals surface area contributed by atoms with E-state index in [0.717, 1.165) is 29.7 Å². The summed E-state index contributed by atoms with van der Waals surface area (Å²) in [6.07, 6.45) is 0.804. The van der Waals surface area contributed by atoms with E-state index in [2.05, 4.69) is 16.0 Å². The Morgan fingerprint density at radius 2 is 1.96 bits per heavy atom. The van der Waals surface area contributed by atoms with Crippen molar-refractivity contribution < 1.29 is 26.3 Å². The summed E-state index contributed by atoms with van der Waals surface area (Å²) >= 11 is 0. The normalized spacial score (nSPS) is 17.6. The molecule has 2 aromatic rings. The summed E-state index contributed by atoms with van der Waals surface area (Å²) in [5.41, 5.74) is 3.16. The molecule has 6 nitrogen and oxygen atoms in total. The molecular weight excluding hydrogens is 361 g/mol. The number of rotatable bonds is 5. The molecule has 1 N–H and O–H groups in total. The van der Waals surface area contributed by atoms with Crippen LogP contribution in [0.25, 0.3) is 0 Å². The van der Waals surface area contributed by atoms with E-state index in [1.807, 2.05) is 6.07 Å². The van der Waals surface area contributed by atoms with Gasteiger partial charge in [-0.1, -0.05) is 16.0 Å². The van der Waals surface area contributed by atoms with E-state index in [0.29, 0.717) is 12.3 Å². The molecule has 26 heavy (non-hydrogen) atoms. The van der Waals surface area contributed by atoms with E-state index in [-0.39, 0.29) is 17.5 Å². The van der Waals surface area contributed by atoms with Crippen LogP contribution in [-0.2, 0) is 23.5 Å². The van der Waals surface area contributed by atoms with Gasteiger partial charge in [-0.15, -0.1) is 0 Å². The lowest BCUT2D eigenvalue weighted by atomic mass is 9.92. The first-order valence-corrected chi connectivity index (χ1v) is 9.44. The van der Waals surface area contributed by atoms with Gasteiger partial charge in [0, 0.05) is 19.1 Å². The first kappa shape index (κ1) is 18.5. The summed E-state index contributed by atoms with van der Waals surface area (Å²) in [4.78, 5) is 2.26. The lowest BCUT2D eigenvalue weighted by molar-refractivity contribution is 0.189. The maximum atomic E-state index is 12.5. The van der Waals surface area contributed by atoms with Gasteiger partial charge in [0.05, 0.1) is 7.11 Å². The van der Waals surface area contributed by atoms with Crippen LogP contribution in [0.4, 0.5) is 3.89 Å². The molecule has 1 aliphatic rings. The Morgan fingerprint density at radius 3 is 2.58 bits per heavy atom. The molecule has 140 valence electrons. The Labute approximate surface area is 152 Å². The summed E-state index contributed by atoms with van der Waals surface area (Å²) < 4.78 is 43.0. The molecule has 0 amide bonds. The second-order valence-electron chi connectivity index (χ2n) is 6.24. The number of hydrogen-bond acceptors (Lipinski definition) is 6. The first-order chi connectivity index (χ1) is 12.3. The van der Waals surface area contributed by atoms with E-state index in [4.69, 9.17) is 4.74 Å². The van der Waals surface area contributed by atoms with Gasteiger partial charge in [-0.05, 0) is 54.3 Å². The number of hydrogen-bond donors (Lipinski definition) is 1. The SMILES string of the molecule is COc1cc2c(cc1O)CCN(Cc1ccc(OS(=O)(=O)F)cc1)C2C. The minimum Gasteiger partial charge on any atom is -0.504 e. The fourth-order valence-corrected chi connectivity index (χ4v) is 3.61. The van der Waals surface area contributed by atoms with Crippen molar-refractivity contribution >= 4 is 10.5 Å². The first-order valence-electron chi connectivity index (χ1n) is 8.13. The zero-order chi connectivity index (χ0) is 18.9. The number of phenolic OH excluding ortho intramolecular Hbond substituents is 1. The van der Waals surface area contributed by atoms with Gasteiger partial charge in [0.2, 0.25) is 0 Å². The van der Waals surface area contributed by atoms with E-state index in [1.165, 1.54) is 19.2 Å². The van der Waals surface area contributed by atoms with E-state index < -0.39 is 10.5 Å². The fourth-order valence-electron chi connectivity index (χ4n) is 3.27. The van der Waals surface area contributed by atoms with Crippen LogP contribution in [0.15, 0.2) is 36.4 Å². The number of ether oxygens (including phenoxy) is 1. The van der Waals surface area contributed by atoms with Gasteiger partial charge in [-0.2, -0.15) is 8.42 Å². The van der Waals surface area contributed by atoms with Gasteiger partial charge >= 0.3 is 10.5 Å². The van der Waals surface area contributed by atoms with E-state index in [1.54, 1.807) is 18.2 Å². The van der Waals surface area contributed by atoms with Gasteiger partial charge in [0.15, 0.2) is 11.5 Å². The number of fused-ring (bicyclic) bond motifs is 1. The average molecular weight is 381 g/mol. The van der Waals surface area contributed by atoms with Crippen molar-refractivity contribution in [1.82, 2.24) is 4.90 Å². The summed E-state index contributed by atoms with van der Waals surface area (Å²) in [5, 5.41) is 9.94. The summed E-state index contributed by atoms with van der Waals surface area (Å²) in [7, 11) is -3.49. The lowest BCUT2D eigenvalue weighted by Gasteiger charge is -2.35. The predicted molar refractivity (Wildman–Crippen MR) is 94.3 cm³/mol. The van der Waals surface area contributed by atoms with E-state index in [9.17, 15) is 17.4 Å². The third-order valence-corrected chi connectivity index (χ3v) is 5.00. The van der Waals surface area contributed by atoms with Crippen molar-refractivity contribution in [2.24, 2.45) is 0 Å². The standard InChI is InChI=1S/C18H20FNO5S/c1-12-16-10-18(24-2)17(21)9-14(16)7-8-20(12)11-13-3-5-15(6-4-13)25-26(19,22)23/h3-6,9-10,12,21H,7-8,11H2,1-2H3. The second kappa shape index (κ2) is 7.13. The Hall–Kier alpha value is -2.32. The highest BCUT2D eigenvalue weighted by molar-refractivity contribution is 7.81. The molecule has 0 aromatic heterocycles. The largest absolute Gasteiger partial charge is 0.504 e. The Kier molecular flexibility index (Phi) is 5.06. The molecule has 3 rings (SSSR count). The van der Waals surface area contributed by atoms with Crippen LogP contribution in [0, 0.1) is 0 Å². The number of methoxy groups -OCH3 is 1. The highest BCUT2D eigenvalue weighted by Gasteiger charge is 2.25. The molecule has 0 saturated heterocycles. The number of halogens is 1. The Bertz CT molecular complexity index is 899. The zero-order valence-electron chi connectivity index (χ0n) is 14.5. The van der Waals surface area contributed by atoms with Crippen LogP contribution in [0.5, 0.6) is 17.2 Å². The van der Waals surface area contributed by atoms with Crippen LogP contribution >= 0.6 is 0 Å². The molecule has 8 heteroatoms. The molecule has 1 atom stereocenters. The Balaban J connectivity index is 1.75. The monoisotopic (exact) mass is 381 g/mol. The highest BCUT2D eigenvalue weighted by atomic mass is 32.3. The van der Waals surface area contributed by atoms with Gasteiger partial charge in [0.1, 0.15) is 5.75 Å². The van der Waals surface area contributed by atoms with Gasteiger partial charge in [-0.25, -0.2) is 0 Å². The van der Waals surface area contributed by atoms with Crippen molar-refractivity contribution in [2.75, 3.05) is 13.7 Å². The average Bonchev–Trinajstić information content (AvgIpc) is 2.57. The molecule has 1 heterocycles. The van der Waals surface area contributed by atoms with Crippen molar-refractivity contribution in [3.63, 3.8) is 0 Å². The highest BCUT2D eigenvalue weighted by Crippen LogP contribution is 2.37.